The van der Waals surface area contributed by atoms with Gasteiger partial charge in [-0.15, -0.1) is 0 Å². The van der Waals surface area contributed by atoms with Crippen LogP contribution in [0.15, 0.2) is 0 Å². The smallest absolute Gasteiger partial charge is 0.382 e. The van der Waals surface area contributed by atoms with Gasteiger partial charge in [0.25, 0.3) is 0 Å². The highest BCUT2D eigenvalue weighted by molar-refractivity contribution is 6.13. The highest BCUT2D eigenvalue weighted by Crippen LogP contribution is 2.34. The number of nitrogens with one attached hydrogen (secondary N) is 1. The highest BCUT2D eigenvalue weighted by atomic mass is 35.5. The van der Waals surface area contributed by atoms with Gasteiger partial charge in [-0.2, -0.15) is 13.2 Å². The molecule has 0 aromatic carbocycles. The second kappa shape index (κ2) is 9.00. The van der Waals surface area contributed by atoms with E-state index in [1.165, 1.54) is 7.11 Å². The number of methoxy groups -OCH3 is 1. The van der Waals surface area contributed by atoms with Crippen LogP contribution in [-0.2, 0) is 9.47 Å². The molecule has 1 atom stereocenters. The summed E-state index contributed by atoms with van der Waals surface area (Å²) in [7, 11) is 1.52. The molecule has 0 amide bonds. The van der Waals surface area contributed by atoms with Gasteiger partial charge in [0.1, 0.15) is 0 Å². The molecule has 116 valence electrons. The van der Waals surface area contributed by atoms with Crippen molar-refractivity contribution in [1.82, 2.24) is 4.84 Å². The number of halogens is 4. The van der Waals surface area contributed by atoms with Crippen molar-refractivity contribution < 1.29 is 22.6 Å². The van der Waals surface area contributed by atoms with E-state index in [0.717, 1.165) is 0 Å². The van der Waals surface area contributed by atoms with Gasteiger partial charge < -0.3 is 9.47 Å². The predicted molar refractivity (Wildman–Crippen MR) is 69.2 cm³/mol. The molecule has 0 aromatic heterocycles. The molecule has 7 heteroatoms. The molecule has 0 saturated heterocycles. The maximum atomic E-state index is 12.8. The zero-order valence-corrected chi connectivity index (χ0v) is 12.4. The Balaban J connectivity index is 4.11. The van der Waals surface area contributed by atoms with Crippen LogP contribution in [0.1, 0.15) is 33.1 Å². The lowest BCUT2D eigenvalue weighted by molar-refractivity contribution is -0.182. The lowest BCUT2D eigenvalue weighted by Gasteiger charge is -2.26. The van der Waals surface area contributed by atoms with E-state index in [1.807, 2.05) is 0 Å². The van der Waals surface area contributed by atoms with Crippen LogP contribution in [-0.4, -0.2) is 38.6 Å². The summed E-state index contributed by atoms with van der Waals surface area (Å²) in [6.45, 7) is 4.32. The number of hydrogen-bond donors (Lipinski definition) is 1. The lowest BCUT2D eigenvalue weighted by atomic mass is 9.91. The van der Waals surface area contributed by atoms with Gasteiger partial charge in [0, 0.05) is 19.3 Å². The molecule has 0 fully saturated rings. The van der Waals surface area contributed by atoms with Crippen molar-refractivity contribution in [3.8, 4) is 0 Å². The molecule has 0 aromatic rings. The summed E-state index contributed by atoms with van der Waals surface area (Å²) in [5.74, 6) is -1.36. The number of alkyl halides is 3. The van der Waals surface area contributed by atoms with E-state index in [4.69, 9.17) is 21.3 Å². The van der Waals surface area contributed by atoms with Crippen LogP contribution in [0.25, 0.3) is 0 Å². The first-order valence-electron chi connectivity index (χ1n) is 6.24. The summed E-state index contributed by atoms with van der Waals surface area (Å²) in [4.78, 5) is 2.49. The Kier molecular flexibility index (Phi) is 8.98. The van der Waals surface area contributed by atoms with E-state index >= 15 is 0 Å². The third-order valence-electron chi connectivity index (χ3n) is 2.88. The summed E-state index contributed by atoms with van der Waals surface area (Å²) < 4.78 is 48.4. The Bertz CT molecular complexity index is 238. The molecule has 0 heterocycles. The van der Waals surface area contributed by atoms with Gasteiger partial charge in [0.15, 0.2) is 0 Å². The largest absolute Gasteiger partial charge is 0.391 e. The molecule has 3 nitrogen and oxygen atoms in total. The van der Waals surface area contributed by atoms with Crippen molar-refractivity contribution in [3.05, 3.63) is 0 Å². The van der Waals surface area contributed by atoms with Crippen molar-refractivity contribution >= 4 is 11.8 Å². The fourth-order valence-electron chi connectivity index (χ4n) is 1.52. The number of rotatable bonds is 10. The molecule has 0 bridgehead atoms. The van der Waals surface area contributed by atoms with E-state index < -0.39 is 17.6 Å². The minimum absolute atomic E-state index is 0.0316. The monoisotopic (exact) mass is 305 g/mol. The molecular weight excluding hydrogens is 283 g/mol. The van der Waals surface area contributed by atoms with Crippen molar-refractivity contribution in [2.24, 2.45) is 5.92 Å². The summed E-state index contributed by atoms with van der Waals surface area (Å²) in [6, 6.07) is 0. The van der Waals surface area contributed by atoms with Crippen LogP contribution >= 0.6 is 11.8 Å². The lowest BCUT2D eigenvalue weighted by Crippen LogP contribution is -2.35. The van der Waals surface area contributed by atoms with Crippen LogP contribution in [0.4, 0.5) is 13.2 Å². The fourth-order valence-corrected chi connectivity index (χ4v) is 1.62. The van der Waals surface area contributed by atoms with Crippen LogP contribution < -0.4 is 4.84 Å². The molecular formula is C12H23ClF3NO2. The average Bonchev–Trinajstić information content (AvgIpc) is 2.31. The first kappa shape index (κ1) is 19.0. The van der Waals surface area contributed by atoms with Crippen molar-refractivity contribution in [1.29, 1.82) is 0 Å². The molecule has 0 radical (unpaired) electrons. The van der Waals surface area contributed by atoms with Gasteiger partial charge in [0.2, 0.25) is 0 Å². The van der Waals surface area contributed by atoms with E-state index in [9.17, 15) is 13.2 Å². The van der Waals surface area contributed by atoms with Gasteiger partial charge >= 0.3 is 6.18 Å². The molecule has 0 aliphatic rings. The summed E-state index contributed by atoms with van der Waals surface area (Å²) in [5.41, 5.74) is -0.512. The van der Waals surface area contributed by atoms with Gasteiger partial charge in [-0.25, -0.2) is 4.84 Å². The van der Waals surface area contributed by atoms with Gasteiger partial charge in [-0.3, -0.25) is 0 Å². The summed E-state index contributed by atoms with van der Waals surface area (Å²) >= 11 is 5.48. The maximum Gasteiger partial charge on any atom is 0.391 e. The standard InChI is InChI=1S/C12H23ClF3NO2/c1-11(2,17-13)6-4-10(12(14,15)16)5-7-19-9-8-18-3/h10,17H,4-9H2,1-3H3. The van der Waals surface area contributed by atoms with Crippen LogP contribution in [0.5, 0.6) is 0 Å². The predicted octanol–water partition coefficient (Wildman–Crippen LogP) is 3.52. The van der Waals surface area contributed by atoms with E-state index in [-0.39, 0.29) is 19.4 Å². The van der Waals surface area contributed by atoms with Crippen LogP contribution in [0.3, 0.4) is 0 Å². The molecule has 0 saturated carbocycles. The fraction of sp³-hybridized carbons (Fsp3) is 1.00. The molecule has 1 N–H and O–H groups in total. The van der Waals surface area contributed by atoms with E-state index in [1.54, 1.807) is 13.8 Å². The minimum atomic E-state index is -4.20. The molecule has 0 aliphatic carbocycles. The van der Waals surface area contributed by atoms with Crippen molar-refractivity contribution in [3.63, 3.8) is 0 Å². The van der Waals surface area contributed by atoms with Crippen LogP contribution in [0.2, 0.25) is 0 Å². The minimum Gasteiger partial charge on any atom is -0.382 e. The van der Waals surface area contributed by atoms with E-state index in [0.29, 0.717) is 19.6 Å². The number of ether oxygens (including phenoxy) is 2. The second-order valence-corrected chi connectivity index (χ2v) is 5.34. The Morgan fingerprint density at radius 2 is 1.74 bits per heavy atom. The maximum absolute atomic E-state index is 12.8. The Morgan fingerprint density at radius 1 is 1.11 bits per heavy atom. The Labute approximate surface area is 117 Å². The zero-order valence-electron chi connectivity index (χ0n) is 11.6. The SMILES string of the molecule is COCCOCCC(CCC(C)(C)NCl)C(F)(F)F. The number of hydrogen-bond acceptors (Lipinski definition) is 3. The van der Waals surface area contributed by atoms with Gasteiger partial charge in [-0.1, -0.05) is 0 Å². The summed E-state index contributed by atoms with van der Waals surface area (Å²) in [6.07, 6.45) is -3.86. The van der Waals surface area contributed by atoms with Gasteiger partial charge in [0.05, 0.1) is 19.1 Å². The van der Waals surface area contributed by atoms with Gasteiger partial charge in [-0.05, 0) is 44.9 Å². The first-order chi connectivity index (χ1) is 8.73. The third-order valence-corrected chi connectivity index (χ3v) is 3.39. The third kappa shape index (κ3) is 9.49. The topological polar surface area (TPSA) is 30.5 Å². The van der Waals surface area contributed by atoms with E-state index in [2.05, 4.69) is 4.84 Å². The second-order valence-electron chi connectivity index (χ2n) is 5.15. The average molecular weight is 306 g/mol. The molecule has 19 heavy (non-hydrogen) atoms. The molecule has 0 spiro atoms. The molecule has 0 aliphatic heterocycles. The zero-order chi connectivity index (χ0) is 14.9. The first-order valence-corrected chi connectivity index (χ1v) is 6.62. The Hall–Kier alpha value is -0.0400. The quantitative estimate of drug-likeness (QED) is 0.495. The van der Waals surface area contributed by atoms with Crippen LogP contribution in [0, 0.1) is 5.92 Å². The summed E-state index contributed by atoms with van der Waals surface area (Å²) in [5, 5.41) is 0. The van der Waals surface area contributed by atoms with Crippen molar-refractivity contribution in [2.75, 3.05) is 26.9 Å². The molecule has 0 rings (SSSR count). The molecule has 1 unspecified atom stereocenters. The Morgan fingerprint density at radius 3 is 2.21 bits per heavy atom. The normalized spacial score (nSPS) is 14.7. The van der Waals surface area contributed by atoms with Crippen molar-refractivity contribution in [2.45, 2.75) is 44.8 Å². The highest BCUT2D eigenvalue weighted by Gasteiger charge is 2.39.